The highest BCUT2D eigenvalue weighted by Crippen LogP contribution is 2.36. The third-order valence-electron chi connectivity index (χ3n) is 7.15. The molecule has 0 fully saturated rings. The summed E-state index contributed by atoms with van der Waals surface area (Å²) in [5.74, 6) is 2.58. The molecule has 1 N–H and O–H groups in total. The Labute approximate surface area is 240 Å². The molecule has 2 aromatic carbocycles. The molecule has 7 nitrogen and oxygen atoms in total. The number of halogens is 1. The zero-order chi connectivity index (χ0) is 28.1. The van der Waals surface area contributed by atoms with Gasteiger partial charge < -0.3 is 19.4 Å². The number of fused-ring (bicyclic) bond motifs is 2. The second kappa shape index (κ2) is 12.6. The van der Waals surface area contributed by atoms with Gasteiger partial charge in [-0.05, 0) is 100 Å². The van der Waals surface area contributed by atoms with Gasteiger partial charge in [0.25, 0.3) is 0 Å². The molecule has 1 aliphatic heterocycles. The van der Waals surface area contributed by atoms with Gasteiger partial charge in [-0.3, -0.25) is 9.69 Å². The second-order valence-corrected chi connectivity index (χ2v) is 10.7. The van der Waals surface area contributed by atoms with Gasteiger partial charge in [-0.15, -0.1) is 0 Å². The molecule has 208 valence electrons. The van der Waals surface area contributed by atoms with E-state index in [1.807, 2.05) is 36.5 Å². The molecule has 0 atom stereocenters. The lowest BCUT2D eigenvalue weighted by Gasteiger charge is -2.22. The number of anilines is 1. The quantitative estimate of drug-likeness (QED) is 0.287. The number of nitrogens with zero attached hydrogens (tertiary/aromatic N) is 3. The van der Waals surface area contributed by atoms with Crippen molar-refractivity contribution in [1.82, 2.24) is 14.5 Å². The minimum atomic E-state index is -0.124. The average molecular weight is 559 g/mol. The fourth-order valence-electron chi connectivity index (χ4n) is 5.13. The number of amides is 1. The van der Waals surface area contributed by atoms with Crippen LogP contribution in [0.15, 0.2) is 66.9 Å². The summed E-state index contributed by atoms with van der Waals surface area (Å²) in [5.41, 5.74) is 5.07. The van der Waals surface area contributed by atoms with Crippen LogP contribution in [-0.4, -0.2) is 40.1 Å². The molecule has 8 heteroatoms. The third-order valence-corrected chi connectivity index (χ3v) is 7.39. The Morgan fingerprint density at radius 3 is 2.60 bits per heavy atom. The summed E-state index contributed by atoms with van der Waals surface area (Å²) in [6.45, 7) is 8.57. The molecule has 3 heterocycles. The Bertz CT molecular complexity index is 1500. The normalized spacial score (nSPS) is 15.1. The number of rotatable bonds is 3. The van der Waals surface area contributed by atoms with E-state index >= 15 is 0 Å². The molecule has 4 aromatic rings. The van der Waals surface area contributed by atoms with Crippen molar-refractivity contribution in [3.63, 3.8) is 0 Å². The van der Waals surface area contributed by atoms with Crippen molar-refractivity contribution in [1.29, 1.82) is 0 Å². The standard InChI is InChI=1S/C32H35ClN4O3/c1-22-10-9-15-34-32(22)37-23(2)18-25(24(37)3)20-36-16-7-4-8-17-39-29-11-5-6-12-30(29)40-28-14-13-26(33)19-27(28)35-31(38)21-36/h5-6,9-15,18-19H,4,7-8,16-17,20-21H2,1-3H3,(H,35,38). The van der Waals surface area contributed by atoms with Crippen molar-refractivity contribution < 1.29 is 14.3 Å². The third kappa shape index (κ3) is 6.49. The number of aromatic nitrogens is 2. The van der Waals surface area contributed by atoms with E-state index in [0.29, 0.717) is 41.1 Å². The van der Waals surface area contributed by atoms with Crippen LogP contribution < -0.4 is 14.8 Å². The molecule has 0 saturated heterocycles. The van der Waals surface area contributed by atoms with Crippen LogP contribution in [0.4, 0.5) is 5.69 Å². The highest BCUT2D eigenvalue weighted by atomic mass is 35.5. The van der Waals surface area contributed by atoms with Gasteiger partial charge in [0.1, 0.15) is 5.82 Å². The van der Waals surface area contributed by atoms with E-state index in [-0.39, 0.29) is 12.5 Å². The minimum absolute atomic E-state index is 0.124. The summed E-state index contributed by atoms with van der Waals surface area (Å²) in [5, 5.41) is 3.55. The number of hydrogen-bond donors (Lipinski definition) is 1. The maximum Gasteiger partial charge on any atom is 0.238 e. The first kappa shape index (κ1) is 27.7. The summed E-state index contributed by atoms with van der Waals surface area (Å²) in [4.78, 5) is 20.2. The molecule has 2 aromatic heterocycles. The number of para-hydroxylation sites is 2. The molecule has 0 bridgehead atoms. The Morgan fingerprint density at radius 2 is 1.77 bits per heavy atom. The smallest absolute Gasteiger partial charge is 0.238 e. The predicted molar refractivity (Wildman–Crippen MR) is 159 cm³/mol. The van der Waals surface area contributed by atoms with E-state index in [4.69, 9.17) is 21.1 Å². The number of carbonyl (C=O) groups excluding carboxylic acids is 1. The highest BCUT2D eigenvalue weighted by Gasteiger charge is 2.19. The number of hydrogen-bond acceptors (Lipinski definition) is 5. The summed E-state index contributed by atoms with van der Waals surface area (Å²) in [6, 6.07) is 19.0. The van der Waals surface area contributed by atoms with Gasteiger partial charge in [-0.2, -0.15) is 0 Å². The van der Waals surface area contributed by atoms with Crippen molar-refractivity contribution in [2.75, 3.05) is 25.0 Å². The Hall–Kier alpha value is -3.81. The first-order chi connectivity index (χ1) is 19.4. The van der Waals surface area contributed by atoms with E-state index in [2.05, 4.69) is 52.7 Å². The fourth-order valence-corrected chi connectivity index (χ4v) is 5.30. The van der Waals surface area contributed by atoms with Crippen LogP contribution in [0.2, 0.25) is 5.02 Å². The van der Waals surface area contributed by atoms with Crippen LogP contribution >= 0.6 is 11.6 Å². The minimum Gasteiger partial charge on any atom is -0.490 e. The Kier molecular flexibility index (Phi) is 8.72. The summed E-state index contributed by atoms with van der Waals surface area (Å²) < 4.78 is 14.5. The summed E-state index contributed by atoms with van der Waals surface area (Å²) >= 11 is 6.30. The van der Waals surface area contributed by atoms with Gasteiger partial charge in [0.15, 0.2) is 17.2 Å². The zero-order valence-electron chi connectivity index (χ0n) is 23.2. The molecule has 5 rings (SSSR count). The first-order valence-corrected chi connectivity index (χ1v) is 14.1. The van der Waals surface area contributed by atoms with Gasteiger partial charge in [0.05, 0.1) is 18.8 Å². The molecule has 0 saturated carbocycles. The monoisotopic (exact) mass is 558 g/mol. The summed E-state index contributed by atoms with van der Waals surface area (Å²) in [6.07, 6.45) is 4.68. The Balaban J connectivity index is 1.40. The van der Waals surface area contributed by atoms with E-state index in [1.165, 1.54) is 5.56 Å². The topological polar surface area (TPSA) is 68.6 Å². The molecule has 40 heavy (non-hydrogen) atoms. The SMILES string of the molecule is Cc1cccnc1-n1c(C)cc(CN2CCCCCOc3ccccc3Oc3ccc(Cl)cc3NC(=O)C2)c1C. The number of benzene rings is 2. The number of aryl methyl sites for hydroxylation is 2. The Morgan fingerprint density at radius 1 is 0.950 bits per heavy atom. The maximum absolute atomic E-state index is 13.4. The first-order valence-electron chi connectivity index (χ1n) is 13.7. The molecular weight excluding hydrogens is 524 g/mol. The zero-order valence-corrected chi connectivity index (χ0v) is 24.0. The predicted octanol–water partition coefficient (Wildman–Crippen LogP) is 7.25. The van der Waals surface area contributed by atoms with Gasteiger partial charge in [0.2, 0.25) is 5.91 Å². The molecule has 1 amide bonds. The van der Waals surface area contributed by atoms with E-state index in [0.717, 1.165) is 48.6 Å². The molecule has 0 aliphatic carbocycles. The molecule has 1 aliphatic rings. The van der Waals surface area contributed by atoms with Crippen LogP contribution in [0.5, 0.6) is 17.2 Å². The second-order valence-electron chi connectivity index (χ2n) is 10.2. The number of pyridine rings is 1. The highest BCUT2D eigenvalue weighted by molar-refractivity contribution is 6.31. The lowest BCUT2D eigenvalue weighted by atomic mass is 10.2. The molecule has 0 radical (unpaired) electrons. The van der Waals surface area contributed by atoms with E-state index < -0.39 is 0 Å². The summed E-state index contributed by atoms with van der Waals surface area (Å²) in [7, 11) is 0. The van der Waals surface area contributed by atoms with Crippen molar-refractivity contribution in [3.8, 4) is 23.1 Å². The number of carbonyl (C=O) groups is 1. The lowest BCUT2D eigenvalue weighted by Crippen LogP contribution is -2.34. The van der Waals surface area contributed by atoms with Gasteiger partial charge in [0, 0.05) is 29.2 Å². The van der Waals surface area contributed by atoms with Crippen LogP contribution in [0, 0.1) is 20.8 Å². The van der Waals surface area contributed by atoms with Gasteiger partial charge in [-0.25, -0.2) is 4.98 Å². The van der Waals surface area contributed by atoms with Gasteiger partial charge in [-0.1, -0.05) is 29.8 Å². The van der Waals surface area contributed by atoms with Crippen LogP contribution in [0.3, 0.4) is 0 Å². The van der Waals surface area contributed by atoms with E-state index in [9.17, 15) is 4.79 Å². The number of nitrogens with one attached hydrogen (secondary N) is 1. The van der Waals surface area contributed by atoms with Crippen LogP contribution in [0.25, 0.3) is 5.82 Å². The fraction of sp³-hybridized carbons (Fsp3) is 0.312. The number of ether oxygens (including phenoxy) is 2. The van der Waals surface area contributed by atoms with E-state index in [1.54, 1.807) is 18.2 Å². The lowest BCUT2D eigenvalue weighted by molar-refractivity contribution is -0.117. The molecule has 0 unspecified atom stereocenters. The average Bonchev–Trinajstić information content (AvgIpc) is 3.20. The largest absolute Gasteiger partial charge is 0.490 e. The maximum atomic E-state index is 13.4. The van der Waals surface area contributed by atoms with Crippen LogP contribution in [-0.2, 0) is 11.3 Å². The molecule has 0 spiro atoms. The van der Waals surface area contributed by atoms with Crippen molar-refractivity contribution in [2.24, 2.45) is 0 Å². The molecular formula is C32H35ClN4O3. The van der Waals surface area contributed by atoms with Crippen molar-refractivity contribution >= 4 is 23.2 Å². The van der Waals surface area contributed by atoms with Crippen molar-refractivity contribution in [2.45, 2.75) is 46.6 Å². The van der Waals surface area contributed by atoms with Crippen LogP contribution in [0.1, 0.15) is 41.8 Å². The van der Waals surface area contributed by atoms with Crippen molar-refractivity contribution in [3.05, 3.63) is 94.4 Å². The van der Waals surface area contributed by atoms with Gasteiger partial charge >= 0.3 is 0 Å².